The van der Waals surface area contributed by atoms with Crippen LogP contribution in [0.5, 0.6) is 0 Å². The first-order chi connectivity index (χ1) is 15.0. The molecule has 11 nitrogen and oxygen atoms in total. The predicted octanol–water partition coefficient (Wildman–Crippen LogP) is 2.69. The SMILES string of the molecule is CCOC(=O)C1CCN(c2ncnc(Nc3ccccc3C(=O)OC)c2[N+](=O)[O-])CC1. The van der Waals surface area contributed by atoms with Crippen LogP contribution < -0.4 is 10.2 Å². The number of piperidine rings is 1. The number of hydrogen-bond acceptors (Lipinski definition) is 10. The fourth-order valence-corrected chi connectivity index (χ4v) is 3.46. The zero-order chi connectivity index (χ0) is 22.4. The van der Waals surface area contributed by atoms with Crippen LogP contribution in [0.15, 0.2) is 30.6 Å². The van der Waals surface area contributed by atoms with E-state index in [2.05, 4.69) is 15.3 Å². The number of rotatable bonds is 7. The quantitative estimate of drug-likeness (QED) is 0.397. The van der Waals surface area contributed by atoms with Crippen LogP contribution in [0.2, 0.25) is 0 Å². The molecule has 1 aliphatic rings. The van der Waals surface area contributed by atoms with E-state index in [-0.39, 0.29) is 34.8 Å². The van der Waals surface area contributed by atoms with Crippen LogP contribution in [0.25, 0.3) is 0 Å². The maximum absolute atomic E-state index is 12.0. The van der Waals surface area contributed by atoms with Crippen molar-refractivity contribution >= 4 is 34.9 Å². The maximum Gasteiger partial charge on any atom is 0.353 e. The number of nitro groups is 1. The lowest BCUT2D eigenvalue weighted by Gasteiger charge is -2.31. The normalized spacial score (nSPS) is 14.1. The van der Waals surface area contributed by atoms with E-state index in [0.717, 1.165) is 0 Å². The third-order valence-electron chi connectivity index (χ3n) is 4.99. The molecule has 0 spiro atoms. The molecule has 31 heavy (non-hydrogen) atoms. The molecular formula is C20H23N5O6. The highest BCUT2D eigenvalue weighted by atomic mass is 16.6. The zero-order valence-electron chi connectivity index (χ0n) is 17.2. The van der Waals surface area contributed by atoms with Gasteiger partial charge in [0.1, 0.15) is 6.33 Å². The monoisotopic (exact) mass is 429 g/mol. The Labute approximate surface area is 178 Å². The molecule has 0 aliphatic carbocycles. The summed E-state index contributed by atoms with van der Waals surface area (Å²) in [6.45, 7) is 2.90. The number of esters is 2. The second kappa shape index (κ2) is 9.83. The molecule has 1 N–H and O–H groups in total. The van der Waals surface area contributed by atoms with Crippen molar-refractivity contribution < 1.29 is 24.0 Å². The van der Waals surface area contributed by atoms with Gasteiger partial charge in [-0.2, -0.15) is 0 Å². The molecule has 3 rings (SSSR count). The van der Waals surface area contributed by atoms with Crippen LogP contribution in [0.1, 0.15) is 30.1 Å². The third kappa shape index (κ3) is 4.87. The van der Waals surface area contributed by atoms with Crippen molar-refractivity contribution in [3.63, 3.8) is 0 Å². The van der Waals surface area contributed by atoms with Gasteiger partial charge in [-0.15, -0.1) is 0 Å². The molecule has 2 aromatic rings. The van der Waals surface area contributed by atoms with Crippen molar-refractivity contribution in [1.82, 2.24) is 9.97 Å². The van der Waals surface area contributed by atoms with Gasteiger partial charge in [-0.05, 0) is 31.9 Å². The molecule has 1 saturated heterocycles. The number of nitrogens with zero attached hydrogens (tertiary/aromatic N) is 4. The summed E-state index contributed by atoms with van der Waals surface area (Å²) < 4.78 is 9.84. The van der Waals surface area contributed by atoms with Gasteiger partial charge in [0.15, 0.2) is 0 Å². The van der Waals surface area contributed by atoms with E-state index in [1.807, 2.05) is 0 Å². The molecule has 164 valence electrons. The fraction of sp³-hybridized carbons (Fsp3) is 0.400. The maximum atomic E-state index is 12.0. The number of carbonyl (C=O) groups excluding carboxylic acids is 2. The predicted molar refractivity (Wildman–Crippen MR) is 111 cm³/mol. The summed E-state index contributed by atoms with van der Waals surface area (Å²) in [6.07, 6.45) is 2.24. The smallest absolute Gasteiger partial charge is 0.353 e. The highest BCUT2D eigenvalue weighted by molar-refractivity contribution is 5.96. The van der Waals surface area contributed by atoms with Gasteiger partial charge >= 0.3 is 17.6 Å². The van der Waals surface area contributed by atoms with E-state index in [9.17, 15) is 19.7 Å². The van der Waals surface area contributed by atoms with Crippen LogP contribution in [0.4, 0.5) is 23.0 Å². The highest BCUT2D eigenvalue weighted by Crippen LogP contribution is 2.36. The summed E-state index contributed by atoms with van der Waals surface area (Å²) in [4.78, 5) is 45.2. The minimum Gasteiger partial charge on any atom is -0.466 e. The van der Waals surface area contributed by atoms with E-state index in [0.29, 0.717) is 38.2 Å². The molecule has 0 atom stereocenters. The minimum absolute atomic E-state index is 0.0427. The van der Waals surface area contributed by atoms with E-state index in [1.54, 1.807) is 36.1 Å². The molecule has 0 amide bonds. The highest BCUT2D eigenvalue weighted by Gasteiger charge is 2.32. The van der Waals surface area contributed by atoms with Gasteiger partial charge in [-0.3, -0.25) is 14.9 Å². The van der Waals surface area contributed by atoms with Gasteiger partial charge in [-0.1, -0.05) is 12.1 Å². The Morgan fingerprint density at radius 3 is 2.61 bits per heavy atom. The van der Waals surface area contributed by atoms with Crippen LogP contribution in [-0.2, 0) is 14.3 Å². The molecule has 1 aliphatic heterocycles. The van der Waals surface area contributed by atoms with Crippen molar-refractivity contribution in [3.05, 3.63) is 46.3 Å². The van der Waals surface area contributed by atoms with E-state index in [4.69, 9.17) is 9.47 Å². The molecular weight excluding hydrogens is 406 g/mol. The fourth-order valence-electron chi connectivity index (χ4n) is 3.46. The Morgan fingerprint density at radius 1 is 1.26 bits per heavy atom. The summed E-state index contributed by atoms with van der Waals surface area (Å²) in [6, 6.07) is 6.48. The van der Waals surface area contributed by atoms with Crippen molar-refractivity contribution in [2.75, 3.05) is 37.0 Å². The lowest BCUT2D eigenvalue weighted by Crippen LogP contribution is -2.37. The lowest BCUT2D eigenvalue weighted by atomic mass is 9.97. The van der Waals surface area contributed by atoms with Crippen LogP contribution >= 0.6 is 0 Å². The van der Waals surface area contributed by atoms with Crippen LogP contribution in [0, 0.1) is 16.0 Å². The van der Waals surface area contributed by atoms with Gasteiger partial charge < -0.3 is 19.7 Å². The Balaban J connectivity index is 1.88. The summed E-state index contributed by atoms with van der Waals surface area (Å²) in [7, 11) is 1.25. The van der Waals surface area contributed by atoms with Crippen molar-refractivity contribution in [3.8, 4) is 0 Å². The Bertz CT molecular complexity index is 974. The number of ether oxygens (including phenoxy) is 2. The molecule has 0 bridgehead atoms. The Kier molecular flexibility index (Phi) is 6.96. The first-order valence-electron chi connectivity index (χ1n) is 9.81. The second-order valence-corrected chi connectivity index (χ2v) is 6.83. The number of benzene rings is 1. The minimum atomic E-state index is -0.582. The van der Waals surface area contributed by atoms with Crippen LogP contribution in [-0.4, -0.2) is 53.6 Å². The number of methoxy groups -OCH3 is 1. The topological polar surface area (TPSA) is 137 Å². The molecule has 11 heteroatoms. The second-order valence-electron chi connectivity index (χ2n) is 6.83. The average molecular weight is 429 g/mol. The van der Waals surface area contributed by atoms with E-state index < -0.39 is 10.9 Å². The molecule has 2 heterocycles. The van der Waals surface area contributed by atoms with Crippen LogP contribution in [0.3, 0.4) is 0 Å². The number of aromatic nitrogens is 2. The number of anilines is 3. The van der Waals surface area contributed by atoms with E-state index in [1.165, 1.54) is 13.4 Å². The summed E-state index contributed by atoms with van der Waals surface area (Å²) in [5.74, 6) is -0.956. The van der Waals surface area contributed by atoms with Gasteiger partial charge in [0.05, 0.1) is 35.8 Å². The number of para-hydroxylation sites is 1. The van der Waals surface area contributed by atoms with Crippen molar-refractivity contribution in [1.29, 1.82) is 0 Å². The Morgan fingerprint density at radius 2 is 1.97 bits per heavy atom. The number of hydrogen-bond donors (Lipinski definition) is 1. The molecule has 0 radical (unpaired) electrons. The first-order valence-corrected chi connectivity index (χ1v) is 9.81. The molecule has 1 aromatic carbocycles. The largest absolute Gasteiger partial charge is 0.466 e. The molecule has 1 aromatic heterocycles. The molecule has 0 saturated carbocycles. The number of carbonyl (C=O) groups is 2. The van der Waals surface area contributed by atoms with E-state index >= 15 is 0 Å². The van der Waals surface area contributed by atoms with Crippen molar-refractivity contribution in [2.24, 2.45) is 5.92 Å². The summed E-state index contributed by atoms with van der Waals surface area (Å²) in [5, 5.41) is 14.8. The van der Waals surface area contributed by atoms with Gasteiger partial charge in [0, 0.05) is 13.1 Å². The summed E-state index contributed by atoms with van der Waals surface area (Å²) in [5.41, 5.74) is 0.231. The van der Waals surface area contributed by atoms with Gasteiger partial charge in [0.25, 0.3) is 0 Å². The third-order valence-corrected chi connectivity index (χ3v) is 4.99. The average Bonchev–Trinajstić information content (AvgIpc) is 2.79. The first kappa shape index (κ1) is 21.9. The van der Waals surface area contributed by atoms with Gasteiger partial charge in [0.2, 0.25) is 11.6 Å². The zero-order valence-corrected chi connectivity index (χ0v) is 17.2. The van der Waals surface area contributed by atoms with Gasteiger partial charge in [-0.25, -0.2) is 14.8 Å². The Hall–Kier alpha value is -3.76. The standard InChI is InChI=1S/C20H23N5O6/c1-3-31-19(26)13-8-10-24(11-9-13)18-16(25(28)29)17(21-12-22-18)23-15-7-5-4-6-14(15)20(27)30-2/h4-7,12-13H,3,8-11H2,1-2H3,(H,21,22,23). The lowest BCUT2D eigenvalue weighted by molar-refractivity contribution is -0.383. The molecule has 0 unspecified atom stereocenters. The van der Waals surface area contributed by atoms with Crippen molar-refractivity contribution in [2.45, 2.75) is 19.8 Å². The number of nitrogens with one attached hydrogen (secondary N) is 1. The molecule has 1 fully saturated rings. The summed E-state index contributed by atoms with van der Waals surface area (Å²) >= 11 is 0.